The zero-order chi connectivity index (χ0) is 22.4. The van der Waals surface area contributed by atoms with E-state index in [1.54, 1.807) is 30.5 Å². The number of hydrogen-bond donors (Lipinski definition) is 2. The minimum absolute atomic E-state index is 0.162. The third-order valence-electron chi connectivity index (χ3n) is 5.38. The molecule has 2 heterocycles. The molecule has 0 spiro atoms. The van der Waals surface area contributed by atoms with E-state index >= 15 is 0 Å². The fraction of sp³-hybridized carbons (Fsp3) is 0.750. The molecule has 30 heavy (non-hydrogen) atoms. The van der Waals surface area contributed by atoms with E-state index in [-0.39, 0.29) is 30.2 Å². The molecule has 3 amide bonds. The summed E-state index contributed by atoms with van der Waals surface area (Å²) >= 11 is 0. The molecule has 2 rings (SSSR count). The van der Waals surface area contributed by atoms with E-state index in [1.165, 1.54) is 4.90 Å². The van der Waals surface area contributed by atoms with Crippen LogP contribution in [0.15, 0.2) is 0 Å². The van der Waals surface area contributed by atoms with Crippen LogP contribution in [-0.2, 0) is 20.9 Å². The first-order valence-electron chi connectivity index (χ1n) is 10.5. The summed E-state index contributed by atoms with van der Waals surface area (Å²) in [5, 5.41) is 16.8. The molecular weight excluding hydrogens is 388 g/mol. The molecule has 1 aromatic rings. The van der Waals surface area contributed by atoms with E-state index in [0.29, 0.717) is 50.0 Å². The summed E-state index contributed by atoms with van der Waals surface area (Å²) in [7, 11) is 1.61. The predicted molar refractivity (Wildman–Crippen MR) is 110 cm³/mol. The molecule has 0 aromatic carbocycles. The number of aliphatic hydroxyl groups is 1. The highest BCUT2D eigenvalue weighted by Gasteiger charge is 2.28. The number of nitrogens with zero attached hydrogens (tertiary/aromatic N) is 5. The number of aryl methyl sites for hydroxylation is 1. The van der Waals surface area contributed by atoms with Crippen molar-refractivity contribution >= 4 is 17.7 Å². The number of aromatic nitrogens is 3. The maximum absolute atomic E-state index is 12.9. The van der Waals surface area contributed by atoms with E-state index in [4.69, 9.17) is 0 Å². The number of nitrogens with one attached hydrogen (secondary N) is 1. The van der Waals surface area contributed by atoms with E-state index in [2.05, 4.69) is 29.2 Å². The van der Waals surface area contributed by atoms with Crippen molar-refractivity contribution in [2.24, 2.45) is 5.92 Å². The van der Waals surface area contributed by atoms with Crippen molar-refractivity contribution in [1.82, 2.24) is 29.9 Å². The maximum atomic E-state index is 12.9. The molecule has 10 heteroatoms. The number of carbonyl (C=O) groups is 3. The number of likely N-dealkylation sites (N-methyl/N-ethyl adjacent to an activating group) is 1. The first kappa shape index (κ1) is 23.8. The molecule has 0 radical (unpaired) electrons. The molecule has 1 aromatic heterocycles. The average molecular weight is 423 g/mol. The number of rotatable bonds is 3. The van der Waals surface area contributed by atoms with Crippen molar-refractivity contribution in [1.29, 1.82) is 0 Å². The molecular formula is C20H34N6O4. The van der Waals surface area contributed by atoms with Gasteiger partial charge in [-0.3, -0.25) is 14.4 Å². The Balaban J connectivity index is 2.41. The summed E-state index contributed by atoms with van der Waals surface area (Å²) < 4.78 is 1.73. The van der Waals surface area contributed by atoms with Gasteiger partial charge in [0, 0.05) is 26.6 Å². The Morgan fingerprint density at radius 2 is 1.97 bits per heavy atom. The van der Waals surface area contributed by atoms with Crippen LogP contribution in [0, 0.1) is 12.8 Å². The van der Waals surface area contributed by atoms with Gasteiger partial charge in [-0.05, 0) is 32.6 Å². The first-order valence-corrected chi connectivity index (χ1v) is 10.5. The third-order valence-corrected chi connectivity index (χ3v) is 5.38. The van der Waals surface area contributed by atoms with Crippen LogP contribution >= 0.6 is 0 Å². The molecule has 0 unspecified atom stereocenters. The lowest BCUT2D eigenvalue weighted by molar-refractivity contribution is -0.139. The highest BCUT2D eigenvalue weighted by molar-refractivity contribution is 5.87. The Morgan fingerprint density at radius 1 is 1.27 bits per heavy atom. The molecule has 0 aliphatic carbocycles. The summed E-state index contributed by atoms with van der Waals surface area (Å²) in [6.07, 6.45) is 1.32. The predicted octanol–water partition coefficient (Wildman–Crippen LogP) is 0.252. The molecule has 168 valence electrons. The first-order chi connectivity index (χ1) is 14.1. The molecule has 2 atom stereocenters. The Labute approximate surface area is 177 Å². The highest BCUT2D eigenvalue weighted by Crippen LogP contribution is 2.21. The molecule has 1 aliphatic heterocycles. The standard InChI is InChI=1S/C20H34N6O4/c1-13(2)11-16-19-21-15(4)23-26(19)10-9-25(18(29)12-27)8-6-7-17(28)24(5)14(3)20(30)22-16/h13-14,16,27H,6-12H2,1-5H3,(H,22,30)/t14-,16+/m0/s1. The van der Waals surface area contributed by atoms with E-state index in [9.17, 15) is 19.5 Å². The molecule has 0 saturated heterocycles. The number of amides is 3. The van der Waals surface area contributed by atoms with Gasteiger partial charge in [0.1, 0.15) is 24.3 Å². The van der Waals surface area contributed by atoms with Gasteiger partial charge < -0.3 is 20.2 Å². The largest absolute Gasteiger partial charge is 0.387 e. The lowest BCUT2D eigenvalue weighted by Gasteiger charge is -2.29. The zero-order valence-corrected chi connectivity index (χ0v) is 18.6. The highest BCUT2D eigenvalue weighted by atomic mass is 16.3. The topological polar surface area (TPSA) is 121 Å². The van der Waals surface area contributed by atoms with E-state index < -0.39 is 12.6 Å². The summed E-state index contributed by atoms with van der Waals surface area (Å²) in [4.78, 5) is 45.1. The summed E-state index contributed by atoms with van der Waals surface area (Å²) in [6, 6.07) is -1.00. The summed E-state index contributed by atoms with van der Waals surface area (Å²) in [5.41, 5.74) is 0. The van der Waals surface area contributed by atoms with Crippen LogP contribution in [0.25, 0.3) is 0 Å². The van der Waals surface area contributed by atoms with Crippen molar-refractivity contribution < 1.29 is 19.5 Å². The van der Waals surface area contributed by atoms with Crippen molar-refractivity contribution in [2.75, 3.05) is 26.7 Å². The van der Waals surface area contributed by atoms with Crippen LogP contribution in [0.2, 0.25) is 0 Å². The number of carbonyl (C=O) groups excluding carboxylic acids is 3. The van der Waals surface area contributed by atoms with Crippen molar-refractivity contribution in [3.05, 3.63) is 11.6 Å². The van der Waals surface area contributed by atoms with Gasteiger partial charge in [0.25, 0.3) is 0 Å². The van der Waals surface area contributed by atoms with Gasteiger partial charge >= 0.3 is 0 Å². The van der Waals surface area contributed by atoms with Gasteiger partial charge in [0.2, 0.25) is 17.7 Å². The Hall–Kier alpha value is -2.49. The minimum atomic E-state index is -0.636. The van der Waals surface area contributed by atoms with Gasteiger partial charge in [-0.2, -0.15) is 5.10 Å². The molecule has 2 N–H and O–H groups in total. The number of hydrogen-bond acceptors (Lipinski definition) is 6. The van der Waals surface area contributed by atoms with Crippen LogP contribution in [0.3, 0.4) is 0 Å². The zero-order valence-electron chi connectivity index (χ0n) is 18.6. The van der Waals surface area contributed by atoms with E-state index in [1.807, 2.05) is 0 Å². The fourth-order valence-corrected chi connectivity index (χ4v) is 3.55. The Bertz CT molecular complexity index is 762. The summed E-state index contributed by atoms with van der Waals surface area (Å²) in [5.74, 6) is 0.716. The van der Waals surface area contributed by atoms with Gasteiger partial charge in [-0.15, -0.1) is 0 Å². The Morgan fingerprint density at radius 3 is 2.60 bits per heavy atom. The average Bonchev–Trinajstić information content (AvgIpc) is 3.07. The van der Waals surface area contributed by atoms with Crippen LogP contribution in [0.1, 0.15) is 57.7 Å². The second-order valence-electron chi connectivity index (χ2n) is 8.25. The van der Waals surface area contributed by atoms with Gasteiger partial charge in [0.15, 0.2) is 0 Å². The van der Waals surface area contributed by atoms with Crippen molar-refractivity contribution in [3.8, 4) is 0 Å². The number of fused-ring (bicyclic) bond motifs is 1. The SMILES string of the molecule is Cc1nc2n(n1)CCN(C(=O)CO)CCCC(=O)N(C)[C@@H](C)C(=O)N[C@@H]2CC(C)C. The lowest BCUT2D eigenvalue weighted by atomic mass is 10.0. The third kappa shape index (κ3) is 6.01. The van der Waals surface area contributed by atoms with Gasteiger partial charge in [-0.1, -0.05) is 13.8 Å². The second kappa shape index (κ2) is 10.5. The molecule has 0 fully saturated rings. The Kier molecular flexibility index (Phi) is 8.33. The van der Waals surface area contributed by atoms with Gasteiger partial charge in [-0.25, -0.2) is 9.67 Å². The lowest BCUT2D eigenvalue weighted by Crippen LogP contribution is -2.48. The smallest absolute Gasteiger partial charge is 0.248 e. The van der Waals surface area contributed by atoms with Crippen LogP contribution in [0.4, 0.5) is 0 Å². The number of aliphatic hydroxyl groups excluding tert-OH is 1. The van der Waals surface area contributed by atoms with Crippen molar-refractivity contribution in [3.63, 3.8) is 0 Å². The van der Waals surface area contributed by atoms with Crippen molar-refractivity contribution in [2.45, 2.75) is 65.6 Å². The van der Waals surface area contributed by atoms with Crippen LogP contribution in [0.5, 0.6) is 0 Å². The molecule has 0 saturated carbocycles. The fourth-order valence-electron chi connectivity index (χ4n) is 3.55. The van der Waals surface area contributed by atoms with Crippen LogP contribution < -0.4 is 5.32 Å². The molecule has 1 aliphatic rings. The van der Waals surface area contributed by atoms with Crippen LogP contribution in [-0.4, -0.2) is 80.2 Å². The monoisotopic (exact) mass is 422 g/mol. The van der Waals surface area contributed by atoms with Gasteiger partial charge in [0.05, 0.1) is 12.6 Å². The quantitative estimate of drug-likeness (QED) is 0.720. The molecule has 0 bridgehead atoms. The summed E-state index contributed by atoms with van der Waals surface area (Å²) in [6.45, 7) is 8.08. The molecule has 10 nitrogen and oxygen atoms in total. The van der Waals surface area contributed by atoms with E-state index in [0.717, 1.165) is 0 Å². The second-order valence-corrected chi connectivity index (χ2v) is 8.25. The normalized spacial score (nSPS) is 22.0. The minimum Gasteiger partial charge on any atom is -0.387 e. The maximum Gasteiger partial charge on any atom is 0.248 e.